The zero-order valence-corrected chi connectivity index (χ0v) is 12.5. The lowest BCUT2D eigenvalue weighted by Gasteiger charge is -2.17. The number of hydrogen-bond donors (Lipinski definition) is 1. The van der Waals surface area contributed by atoms with E-state index < -0.39 is 0 Å². The quantitative estimate of drug-likeness (QED) is 0.785. The maximum absolute atomic E-state index is 11.7. The summed E-state index contributed by atoms with van der Waals surface area (Å²) in [6, 6.07) is 7.77. The number of rotatable bonds is 7. The molecule has 100 valence electrons. The highest BCUT2D eigenvalue weighted by Crippen LogP contribution is 2.15. The summed E-state index contributed by atoms with van der Waals surface area (Å²) < 4.78 is 6.11. The maximum Gasteiger partial charge on any atom is 0.323 e. The second-order valence-electron chi connectivity index (χ2n) is 4.07. The number of hydrogen-bond acceptors (Lipinski definition) is 3. The van der Waals surface area contributed by atoms with E-state index in [1.165, 1.54) is 0 Å². The van der Waals surface area contributed by atoms with Crippen LogP contribution in [0.1, 0.15) is 32.3 Å². The Morgan fingerprint density at radius 3 is 2.72 bits per heavy atom. The smallest absolute Gasteiger partial charge is 0.323 e. The molecule has 0 aliphatic carbocycles. The summed E-state index contributed by atoms with van der Waals surface area (Å²) in [4.78, 5) is 11.7. The van der Waals surface area contributed by atoms with Crippen molar-refractivity contribution in [2.75, 3.05) is 6.61 Å². The monoisotopic (exact) mass is 313 g/mol. The van der Waals surface area contributed by atoms with Crippen LogP contribution in [-0.2, 0) is 16.1 Å². The SMILES string of the molecule is CCCC(NCc1ccccc1Br)C(=O)OCC. The summed E-state index contributed by atoms with van der Waals surface area (Å²) in [6.07, 6.45) is 1.75. The third-order valence-corrected chi connectivity index (χ3v) is 3.42. The van der Waals surface area contributed by atoms with E-state index in [9.17, 15) is 4.79 Å². The molecule has 0 spiro atoms. The van der Waals surface area contributed by atoms with Crippen molar-refractivity contribution in [2.24, 2.45) is 0 Å². The number of carbonyl (C=O) groups excluding carboxylic acids is 1. The van der Waals surface area contributed by atoms with Gasteiger partial charge < -0.3 is 10.1 Å². The van der Waals surface area contributed by atoms with E-state index in [0.29, 0.717) is 13.2 Å². The molecule has 0 aromatic heterocycles. The fraction of sp³-hybridized carbons (Fsp3) is 0.500. The predicted molar refractivity (Wildman–Crippen MR) is 76.3 cm³/mol. The molecule has 0 radical (unpaired) electrons. The average Bonchev–Trinajstić information content (AvgIpc) is 2.36. The summed E-state index contributed by atoms with van der Waals surface area (Å²) >= 11 is 3.50. The van der Waals surface area contributed by atoms with Gasteiger partial charge in [0.2, 0.25) is 0 Å². The second kappa shape index (κ2) is 8.27. The third kappa shape index (κ3) is 4.78. The van der Waals surface area contributed by atoms with Crippen molar-refractivity contribution >= 4 is 21.9 Å². The molecule has 0 saturated carbocycles. The molecule has 1 unspecified atom stereocenters. The molecular weight excluding hydrogens is 294 g/mol. The molecule has 1 rings (SSSR count). The number of esters is 1. The van der Waals surface area contributed by atoms with Gasteiger partial charge in [0.15, 0.2) is 0 Å². The van der Waals surface area contributed by atoms with Gasteiger partial charge in [0.25, 0.3) is 0 Å². The molecule has 0 saturated heterocycles. The molecule has 0 fully saturated rings. The van der Waals surface area contributed by atoms with Crippen molar-refractivity contribution in [1.29, 1.82) is 0 Å². The Balaban J connectivity index is 2.57. The lowest BCUT2D eigenvalue weighted by atomic mass is 10.1. The van der Waals surface area contributed by atoms with Gasteiger partial charge in [0.1, 0.15) is 6.04 Å². The molecule has 1 atom stereocenters. The summed E-state index contributed by atoms with van der Waals surface area (Å²) in [7, 11) is 0. The van der Waals surface area contributed by atoms with Crippen LogP contribution in [0.2, 0.25) is 0 Å². The van der Waals surface area contributed by atoms with E-state index in [1.807, 2.05) is 31.2 Å². The van der Waals surface area contributed by atoms with E-state index in [-0.39, 0.29) is 12.0 Å². The van der Waals surface area contributed by atoms with E-state index in [0.717, 1.165) is 22.9 Å². The van der Waals surface area contributed by atoms with Gasteiger partial charge in [-0.3, -0.25) is 4.79 Å². The molecule has 0 aliphatic rings. The van der Waals surface area contributed by atoms with Gasteiger partial charge in [0, 0.05) is 11.0 Å². The molecule has 18 heavy (non-hydrogen) atoms. The Hall–Kier alpha value is -0.870. The van der Waals surface area contributed by atoms with E-state index in [1.54, 1.807) is 0 Å². The molecule has 1 aromatic rings. The van der Waals surface area contributed by atoms with Crippen molar-refractivity contribution in [3.8, 4) is 0 Å². The number of nitrogens with one attached hydrogen (secondary N) is 1. The van der Waals surface area contributed by atoms with Crippen molar-refractivity contribution in [1.82, 2.24) is 5.32 Å². The van der Waals surface area contributed by atoms with Gasteiger partial charge >= 0.3 is 5.97 Å². The Morgan fingerprint density at radius 1 is 1.39 bits per heavy atom. The van der Waals surface area contributed by atoms with Crippen LogP contribution in [0.4, 0.5) is 0 Å². The molecule has 1 aromatic carbocycles. The summed E-state index contributed by atoms with van der Waals surface area (Å²) in [6.45, 7) is 4.97. The zero-order chi connectivity index (χ0) is 13.4. The minimum Gasteiger partial charge on any atom is -0.465 e. The van der Waals surface area contributed by atoms with Gasteiger partial charge in [0.05, 0.1) is 6.61 Å². The number of ether oxygens (including phenoxy) is 1. The fourth-order valence-electron chi connectivity index (χ4n) is 1.71. The predicted octanol–water partition coefficient (Wildman–Crippen LogP) is 3.27. The first-order valence-corrected chi connectivity index (χ1v) is 7.11. The average molecular weight is 314 g/mol. The van der Waals surface area contributed by atoms with Crippen LogP contribution in [0.25, 0.3) is 0 Å². The van der Waals surface area contributed by atoms with Crippen LogP contribution in [0.15, 0.2) is 28.7 Å². The molecule has 4 heteroatoms. The third-order valence-electron chi connectivity index (χ3n) is 2.65. The Kier molecular flexibility index (Phi) is 6.98. The first-order valence-electron chi connectivity index (χ1n) is 6.32. The zero-order valence-electron chi connectivity index (χ0n) is 10.9. The van der Waals surface area contributed by atoms with Crippen molar-refractivity contribution < 1.29 is 9.53 Å². The van der Waals surface area contributed by atoms with Crippen LogP contribution < -0.4 is 5.32 Å². The Labute approximate surface area is 117 Å². The normalized spacial score (nSPS) is 12.2. The molecule has 0 bridgehead atoms. The van der Waals surface area contributed by atoms with Crippen LogP contribution in [0.3, 0.4) is 0 Å². The first-order chi connectivity index (χ1) is 8.69. The standard InChI is InChI=1S/C14H20BrNO2/c1-3-7-13(14(17)18-4-2)16-10-11-8-5-6-9-12(11)15/h5-6,8-9,13,16H,3-4,7,10H2,1-2H3. The highest BCUT2D eigenvalue weighted by molar-refractivity contribution is 9.10. The number of carbonyl (C=O) groups is 1. The lowest BCUT2D eigenvalue weighted by molar-refractivity contribution is -0.145. The molecule has 0 heterocycles. The van der Waals surface area contributed by atoms with Crippen LogP contribution >= 0.6 is 15.9 Å². The maximum atomic E-state index is 11.7. The van der Waals surface area contributed by atoms with Crippen molar-refractivity contribution in [3.05, 3.63) is 34.3 Å². The summed E-state index contributed by atoms with van der Waals surface area (Å²) in [5.74, 6) is -0.161. The summed E-state index contributed by atoms with van der Waals surface area (Å²) in [5.41, 5.74) is 1.14. The highest BCUT2D eigenvalue weighted by atomic mass is 79.9. The fourth-order valence-corrected chi connectivity index (χ4v) is 2.13. The Morgan fingerprint density at radius 2 is 2.11 bits per heavy atom. The minimum atomic E-state index is -0.220. The lowest BCUT2D eigenvalue weighted by Crippen LogP contribution is -2.37. The first kappa shape index (κ1) is 15.2. The second-order valence-corrected chi connectivity index (χ2v) is 4.92. The van der Waals surface area contributed by atoms with Gasteiger partial charge in [-0.25, -0.2) is 0 Å². The van der Waals surface area contributed by atoms with Crippen LogP contribution in [-0.4, -0.2) is 18.6 Å². The molecule has 1 N–H and O–H groups in total. The van der Waals surface area contributed by atoms with Crippen molar-refractivity contribution in [3.63, 3.8) is 0 Å². The van der Waals surface area contributed by atoms with Gasteiger partial charge in [-0.2, -0.15) is 0 Å². The highest BCUT2D eigenvalue weighted by Gasteiger charge is 2.18. The van der Waals surface area contributed by atoms with Crippen LogP contribution in [0, 0.1) is 0 Å². The van der Waals surface area contributed by atoms with E-state index in [2.05, 4.69) is 28.2 Å². The van der Waals surface area contributed by atoms with E-state index in [4.69, 9.17) is 4.74 Å². The topological polar surface area (TPSA) is 38.3 Å². The van der Waals surface area contributed by atoms with Gasteiger partial charge in [-0.05, 0) is 25.0 Å². The van der Waals surface area contributed by atoms with Crippen LogP contribution in [0.5, 0.6) is 0 Å². The Bertz CT molecular complexity index is 382. The minimum absolute atomic E-state index is 0.161. The van der Waals surface area contributed by atoms with Gasteiger partial charge in [-0.1, -0.05) is 47.5 Å². The van der Waals surface area contributed by atoms with Gasteiger partial charge in [-0.15, -0.1) is 0 Å². The molecular formula is C14H20BrNO2. The molecule has 0 aliphatic heterocycles. The molecule has 0 amide bonds. The summed E-state index contributed by atoms with van der Waals surface area (Å²) in [5, 5.41) is 3.26. The van der Waals surface area contributed by atoms with Crippen molar-refractivity contribution in [2.45, 2.75) is 39.3 Å². The molecule has 3 nitrogen and oxygen atoms in total. The number of halogens is 1. The van der Waals surface area contributed by atoms with E-state index >= 15 is 0 Å². The largest absolute Gasteiger partial charge is 0.465 e. The number of benzene rings is 1.